The van der Waals surface area contributed by atoms with Gasteiger partial charge in [0.1, 0.15) is 0 Å². The highest BCUT2D eigenvalue weighted by Crippen LogP contribution is 2.24. The number of nitrogens with one attached hydrogen (secondary N) is 1. The van der Waals surface area contributed by atoms with Crippen molar-refractivity contribution in [2.75, 3.05) is 19.7 Å². The molecule has 0 amide bonds. The van der Waals surface area contributed by atoms with Crippen molar-refractivity contribution in [2.24, 2.45) is 0 Å². The molecule has 0 bridgehead atoms. The number of hydrogen-bond donors (Lipinski definition) is 1. The molecule has 1 unspecified atom stereocenters. The fourth-order valence-corrected chi connectivity index (χ4v) is 1.38. The van der Waals surface area contributed by atoms with E-state index >= 15 is 0 Å². The van der Waals surface area contributed by atoms with Gasteiger partial charge in [0.05, 0.1) is 6.61 Å². The molecule has 14 heavy (non-hydrogen) atoms. The second-order valence-electron chi connectivity index (χ2n) is 3.40. The molecule has 5 nitrogen and oxygen atoms in total. The summed E-state index contributed by atoms with van der Waals surface area (Å²) in [5, 5.41) is 6.97. The molecule has 1 saturated heterocycles. The maximum absolute atomic E-state index is 5.61. The number of aryl methyl sites for hydroxylation is 1. The third-order valence-electron chi connectivity index (χ3n) is 2.14. The van der Waals surface area contributed by atoms with Crippen LogP contribution < -0.4 is 5.32 Å². The summed E-state index contributed by atoms with van der Waals surface area (Å²) in [6.07, 6.45) is 0. The molecule has 80 valence electrons. The first-order chi connectivity index (χ1) is 6.21. The Morgan fingerprint density at radius 1 is 1.50 bits per heavy atom. The van der Waals surface area contributed by atoms with Crippen LogP contribution in [0.5, 0.6) is 0 Å². The summed E-state index contributed by atoms with van der Waals surface area (Å²) < 4.78 is 10.7. The van der Waals surface area contributed by atoms with E-state index in [1.54, 1.807) is 6.92 Å². The van der Waals surface area contributed by atoms with Crippen LogP contribution in [-0.4, -0.2) is 29.8 Å². The Hall–Kier alpha value is -0.650. The van der Waals surface area contributed by atoms with E-state index in [2.05, 4.69) is 15.5 Å². The Kier molecular flexibility index (Phi) is 3.47. The van der Waals surface area contributed by atoms with E-state index < -0.39 is 5.60 Å². The number of morpholine rings is 1. The highest BCUT2D eigenvalue weighted by molar-refractivity contribution is 5.85. The first-order valence-corrected chi connectivity index (χ1v) is 4.36. The van der Waals surface area contributed by atoms with Gasteiger partial charge in [-0.1, -0.05) is 5.16 Å². The molecule has 2 heterocycles. The zero-order valence-electron chi connectivity index (χ0n) is 8.24. The molecular weight excluding hydrogens is 206 g/mol. The molecule has 0 spiro atoms. The smallest absolute Gasteiger partial charge is 0.259 e. The molecule has 0 aliphatic carbocycles. The van der Waals surface area contributed by atoms with Gasteiger partial charge in [-0.15, -0.1) is 12.4 Å². The van der Waals surface area contributed by atoms with Crippen LogP contribution in [0.4, 0.5) is 0 Å². The van der Waals surface area contributed by atoms with Crippen LogP contribution in [0, 0.1) is 6.92 Å². The third-order valence-corrected chi connectivity index (χ3v) is 2.14. The Morgan fingerprint density at radius 2 is 2.29 bits per heavy atom. The van der Waals surface area contributed by atoms with Crippen molar-refractivity contribution in [2.45, 2.75) is 19.4 Å². The van der Waals surface area contributed by atoms with E-state index in [-0.39, 0.29) is 12.4 Å². The monoisotopic (exact) mass is 219 g/mol. The first kappa shape index (κ1) is 11.4. The van der Waals surface area contributed by atoms with E-state index in [1.807, 2.05) is 6.92 Å². The summed E-state index contributed by atoms with van der Waals surface area (Å²) in [4.78, 5) is 4.16. The van der Waals surface area contributed by atoms with E-state index in [9.17, 15) is 0 Å². The SMILES string of the molecule is Cc1noc(C2(C)CNCCO2)n1.Cl. The summed E-state index contributed by atoms with van der Waals surface area (Å²) in [6.45, 7) is 6.02. The number of nitrogens with zero attached hydrogens (tertiary/aromatic N) is 2. The van der Waals surface area contributed by atoms with E-state index in [4.69, 9.17) is 9.26 Å². The molecule has 0 saturated carbocycles. The van der Waals surface area contributed by atoms with Crippen molar-refractivity contribution in [1.29, 1.82) is 0 Å². The Labute approximate surface area is 88.6 Å². The molecule has 1 aliphatic rings. The lowest BCUT2D eigenvalue weighted by atomic mass is 10.1. The largest absolute Gasteiger partial charge is 0.363 e. The summed E-state index contributed by atoms with van der Waals surface area (Å²) in [5.74, 6) is 1.20. The van der Waals surface area contributed by atoms with Crippen molar-refractivity contribution in [3.63, 3.8) is 0 Å². The number of rotatable bonds is 1. The fourth-order valence-electron chi connectivity index (χ4n) is 1.38. The van der Waals surface area contributed by atoms with E-state index in [0.717, 1.165) is 6.54 Å². The van der Waals surface area contributed by atoms with Crippen molar-refractivity contribution < 1.29 is 9.26 Å². The Bertz CT molecular complexity index is 297. The van der Waals surface area contributed by atoms with Crippen LogP contribution in [0.3, 0.4) is 0 Å². The van der Waals surface area contributed by atoms with Crippen LogP contribution in [0.1, 0.15) is 18.6 Å². The van der Waals surface area contributed by atoms with Gasteiger partial charge in [0.2, 0.25) is 0 Å². The summed E-state index contributed by atoms with van der Waals surface area (Å²) in [7, 11) is 0. The number of halogens is 1. The van der Waals surface area contributed by atoms with Gasteiger partial charge < -0.3 is 14.6 Å². The lowest BCUT2D eigenvalue weighted by Gasteiger charge is -2.30. The Balaban J connectivity index is 0.000000980. The fraction of sp³-hybridized carbons (Fsp3) is 0.750. The van der Waals surface area contributed by atoms with Gasteiger partial charge in [-0.25, -0.2) is 0 Å². The third kappa shape index (κ3) is 2.05. The average Bonchev–Trinajstić information content (AvgIpc) is 2.54. The van der Waals surface area contributed by atoms with E-state index in [1.165, 1.54) is 0 Å². The van der Waals surface area contributed by atoms with Crippen LogP contribution in [-0.2, 0) is 10.3 Å². The molecule has 0 aromatic carbocycles. The highest BCUT2D eigenvalue weighted by Gasteiger charge is 2.35. The number of ether oxygens (including phenoxy) is 1. The average molecular weight is 220 g/mol. The van der Waals surface area contributed by atoms with Crippen LogP contribution in [0.2, 0.25) is 0 Å². The van der Waals surface area contributed by atoms with Crippen LogP contribution >= 0.6 is 12.4 Å². The molecule has 1 aliphatic heterocycles. The normalized spacial score (nSPS) is 27.0. The molecule has 2 rings (SSSR count). The van der Waals surface area contributed by atoms with E-state index in [0.29, 0.717) is 24.9 Å². The maximum Gasteiger partial charge on any atom is 0.259 e. The number of aromatic nitrogens is 2. The highest BCUT2D eigenvalue weighted by atomic mass is 35.5. The number of hydrogen-bond acceptors (Lipinski definition) is 5. The second kappa shape index (κ2) is 4.25. The quantitative estimate of drug-likeness (QED) is 0.751. The molecule has 1 atom stereocenters. The zero-order chi connectivity index (χ0) is 9.31. The maximum atomic E-state index is 5.61. The van der Waals surface area contributed by atoms with Gasteiger partial charge in [-0.3, -0.25) is 0 Å². The van der Waals surface area contributed by atoms with Crippen molar-refractivity contribution in [1.82, 2.24) is 15.5 Å². The minimum Gasteiger partial charge on any atom is -0.363 e. The zero-order valence-corrected chi connectivity index (χ0v) is 9.06. The molecular formula is C8H14ClN3O2. The second-order valence-corrected chi connectivity index (χ2v) is 3.40. The van der Waals surface area contributed by atoms with Crippen molar-refractivity contribution in [3.05, 3.63) is 11.7 Å². The molecule has 1 N–H and O–H groups in total. The minimum absolute atomic E-state index is 0. The topological polar surface area (TPSA) is 60.2 Å². The van der Waals surface area contributed by atoms with Crippen molar-refractivity contribution in [3.8, 4) is 0 Å². The van der Waals surface area contributed by atoms with Gasteiger partial charge in [0.25, 0.3) is 5.89 Å². The molecule has 1 fully saturated rings. The van der Waals surface area contributed by atoms with Gasteiger partial charge in [-0.2, -0.15) is 4.98 Å². The van der Waals surface area contributed by atoms with Gasteiger partial charge in [0.15, 0.2) is 11.4 Å². The van der Waals surface area contributed by atoms with Gasteiger partial charge in [0, 0.05) is 13.1 Å². The van der Waals surface area contributed by atoms with Crippen molar-refractivity contribution >= 4 is 12.4 Å². The standard InChI is InChI=1S/C8H13N3O2.ClH/c1-6-10-7(13-11-6)8(2)5-9-3-4-12-8;/h9H,3-5H2,1-2H3;1H. The van der Waals surface area contributed by atoms with Gasteiger partial charge >= 0.3 is 0 Å². The summed E-state index contributed by atoms with van der Waals surface area (Å²) in [5.41, 5.74) is -0.459. The Morgan fingerprint density at radius 3 is 2.79 bits per heavy atom. The summed E-state index contributed by atoms with van der Waals surface area (Å²) in [6, 6.07) is 0. The predicted octanol–water partition coefficient (Wildman–Crippen LogP) is 0.635. The lowest BCUT2D eigenvalue weighted by molar-refractivity contribution is -0.0767. The molecule has 6 heteroatoms. The molecule has 1 aromatic heterocycles. The first-order valence-electron chi connectivity index (χ1n) is 4.36. The molecule has 0 radical (unpaired) electrons. The lowest BCUT2D eigenvalue weighted by Crippen LogP contribution is -2.45. The van der Waals surface area contributed by atoms with Crippen LogP contribution in [0.25, 0.3) is 0 Å². The van der Waals surface area contributed by atoms with Gasteiger partial charge in [-0.05, 0) is 13.8 Å². The van der Waals surface area contributed by atoms with Crippen LogP contribution in [0.15, 0.2) is 4.52 Å². The molecule has 1 aromatic rings. The predicted molar refractivity (Wildman–Crippen MR) is 52.5 cm³/mol. The summed E-state index contributed by atoms with van der Waals surface area (Å²) >= 11 is 0. The minimum atomic E-state index is -0.459.